The number of carbonyl (C=O) groups excluding carboxylic acids is 1. The minimum absolute atomic E-state index is 0.120. The quantitative estimate of drug-likeness (QED) is 0.544. The van der Waals surface area contributed by atoms with Gasteiger partial charge >= 0.3 is 0 Å². The first kappa shape index (κ1) is 20.6. The molecular formula is C23H25FN4OS. The van der Waals surface area contributed by atoms with Crippen LogP contribution in [0.2, 0.25) is 0 Å². The molecular weight excluding hydrogens is 399 g/mol. The summed E-state index contributed by atoms with van der Waals surface area (Å²) < 4.78 is 15.4. The van der Waals surface area contributed by atoms with Gasteiger partial charge in [0, 0.05) is 23.3 Å². The molecule has 1 aromatic heterocycles. The lowest BCUT2D eigenvalue weighted by molar-refractivity contribution is -0.134. The molecule has 30 heavy (non-hydrogen) atoms. The summed E-state index contributed by atoms with van der Waals surface area (Å²) in [6.07, 6.45) is 3.26. The van der Waals surface area contributed by atoms with Crippen LogP contribution < -0.4 is 0 Å². The Balaban J connectivity index is 1.62. The van der Waals surface area contributed by atoms with E-state index in [9.17, 15) is 9.18 Å². The Labute approximate surface area is 180 Å². The van der Waals surface area contributed by atoms with Crippen molar-refractivity contribution in [3.05, 3.63) is 60.4 Å². The molecule has 3 aromatic rings. The molecule has 0 N–H and O–H groups in total. The molecule has 5 nitrogen and oxygen atoms in total. The van der Waals surface area contributed by atoms with Gasteiger partial charge in [-0.2, -0.15) is 0 Å². The lowest BCUT2D eigenvalue weighted by Crippen LogP contribution is -2.48. The van der Waals surface area contributed by atoms with Crippen LogP contribution in [0.5, 0.6) is 0 Å². The predicted octanol–water partition coefficient (Wildman–Crippen LogP) is 4.96. The summed E-state index contributed by atoms with van der Waals surface area (Å²) in [6.45, 7) is 4.24. The monoisotopic (exact) mass is 424 g/mol. The van der Waals surface area contributed by atoms with Crippen LogP contribution in [0, 0.1) is 5.82 Å². The number of aromatic nitrogens is 3. The van der Waals surface area contributed by atoms with E-state index in [1.165, 1.54) is 30.3 Å². The third-order valence-electron chi connectivity index (χ3n) is 5.56. The second kappa shape index (κ2) is 9.00. The summed E-state index contributed by atoms with van der Waals surface area (Å²) >= 11 is 1.37. The highest BCUT2D eigenvalue weighted by molar-refractivity contribution is 7.99. The summed E-state index contributed by atoms with van der Waals surface area (Å²) in [5, 5.41) is 9.35. The fourth-order valence-corrected chi connectivity index (χ4v) is 4.90. The van der Waals surface area contributed by atoms with Crippen molar-refractivity contribution < 1.29 is 9.18 Å². The van der Waals surface area contributed by atoms with Gasteiger partial charge in [0.15, 0.2) is 11.0 Å². The van der Waals surface area contributed by atoms with E-state index in [0.29, 0.717) is 16.7 Å². The lowest BCUT2D eigenvalue weighted by Gasteiger charge is -2.39. The number of amides is 1. The molecule has 1 saturated heterocycles. The molecule has 0 saturated carbocycles. The molecule has 0 spiro atoms. The average Bonchev–Trinajstić information content (AvgIpc) is 3.17. The molecule has 1 amide bonds. The van der Waals surface area contributed by atoms with Gasteiger partial charge in [-0.25, -0.2) is 4.39 Å². The third kappa shape index (κ3) is 4.26. The summed E-state index contributed by atoms with van der Waals surface area (Å²) in [5.41, 5.74) is 1.67. The molecule has 0 unspecified atom stereocenters. The lowest BCUT2D eigenvalue weighted by atomic mass is 9.98. The second-order valence-corrected chi connectivity index (χ2v) is 8.65. The summed E-state index contributed by atoms with van der Waals surface area (Å²) in [6, 6.07) is 16.5. The third-order valence-corrected chi connectivity index (χ3v) is 6.47. The number of likely N-dealkylation sites (tertiary alicyclic amines) is 1. The summed E-state index contributed by atoms with van der Waals surface area (Å²) in [7, 11) is 0. The fourth-order valence-electron chi connectivity index (χ4n) is 4.07. The molecule has 156 valence electrons. The molecule has 7 heteroatoms. The number of piperidine rings is 1. The van der Waals surface area contributed by atoms with Gasteiger partial charge in [0.25, 0.3) is 0 Å². The predicted molar refractivity (Wildman–Crippen MR) is 117 cm³/mol. The smallest absolute Gasteiger partial charge is 0.233 e. The molecule has 2 aromatic carbocycles. The van der Waals surface area contributed by atoms with Gasteiger partial charge in [0.1, 0.15) is 5.82 Å². The van der Waals surface area contributed by atoms with Gasteiger partial charge in [0.05, 0.1) is 5.75 Å². The minimum atomic E-state index is -0.300. The molecule has 0 aliphatic carbocycles. The van der Waals surface area contributed by atoms with E-state index < -0.39 is 0 Å². The maximum Gasteiger partial charge on any atom is 0.233 e. The van der Waals surface area contributed by atoms with Gasteiger partial charge in [-0.1, -0.05) is 42.1 Å². The molecule has 1 aliphatic heterocycles. The number of benzene rings is 2. The number of hydrogen-bond acceptors (Lipinski definition) is 4. The van der Waals surface area contributed by atoms with Crippen molar-refractivity contribution in [1.29, 1.82) is 0 Å². The van der Waals surface area contributed by atoms with E-state index in [1.807, 2.05) is 39.8 Å². The number of thioether (sulfide) groups is 1. The topological polar surface area (TPSA) is 51.0 Å². The highest BCUT2D eigenvalue weighted by Crippen LogP contribution is 2.29. The zero-order chi connectivity index (χ0) is 21.1. The maximum absolute atomic E-state index is 13.5. The van der Waals surface area contributed by atoms with Crippen LogP contribution in [-0.4, -0.2) is 43.4 Å². The second-order valence-electron chi connectivity index (χ2n) is 7.70. The highest BCUT2D eigenvalue weighted by atomic mass is 32.2. The van der Waals surface area contributed by atoms with Crippen molar-refractivity contribution in [2.24, 2.45) is 0 Å². The van der Waals surface area contributed by atoms with Gasteiger partial charge in [0.2, 0.25) is 5.91 Å². The number of halogens is 1. The number of rotatable bonds is 5. The Morgan fingerprint density at radius 3 is 2.37 bits per heavy atom. The van der Waals surface area contributed by atoms with Crippen molar-refractivity contribution in [1.82, 2.24) is 19.7 Å². The van der Waals surface area contributed by atoms with Crippen LogP contribution in [0.15, 0.2) is 59.8 Å². The SMILES string of the molecule is C[C@@H]1CCC[C@@H](C)N1C(=O)CSc1nnc(-c2ccccc2)n1-c1ccc(F)cc1. The van der Waals surface area contributed by atoms with Crippen LogP contribution in [-0.2, 0) is 4.79 Å². The van der Waals surface area contributed by atoms with Crippen LogP contribution in [0.3, 0.4) is 0 Å². The van der Waals surface area contributed by atoms with Gasteiger partial charge < -0.3 is 4.90 Å². The van der Waals surface area contributed by atoms with E-state index in [4.69, 9.17) is 0 Å². The van der Waals surface area contributed by atoms with Crippen LogP contribution >= 0.6 is 11.8 Å². The fraction of sp³-hybridized carbons (Fsp3) is 0.348. The standard InChI is InChI=1S/C23H25FN4OS/c1-16-7-6-8-17(2)27(16)21(29)15-30-23-26-25-22(18-9-4-3-5-10-18)28(23)20-13-11-19(24)12-14-20/h3-5,9-14,16-17H,6-8,15H2,1-2H3/t16-,17-/m1/s1. The molecule has 0 bridgehead atoms. The average molecular weight is 425 g/mol. The van der Waals surface area contributed by atoms with E-state index in [-0.39, 0.29) is 23.8 Å². The molecule has 1 fully saturated rings. The van der Waals surface area contributed by atoms with Gasteiger partial charge in [-0.3, -0.25) is 9.36 Å². The number of hydrogen-bond donors (Lipinski definition) is 0. The Bertz CT molecular complexity index is 996. The Hall–Kier alpha value is -2.67. The van der Waals surface area contributed by atoms with Crippen molar-refractivity contribution in [2.45, 2.75) is 50.4 Å². The summed E-state index contributed by atoms with van der Waals surface area (Å²) in [4.78, 5) is 15.0. The van der Waals surface area contributed by atoms with Gasteiger partial charge in [-0.05, 0) is 57.4 Å². The van der Waals surface area contributed by atoms with E-state index in [1.54, 1.807) is 12.1 Å². The molecule has 2 heterocycles. The zero-order valence-electron chi connectivity index (χ0n) is 17.2. The first-order chi connectivity index (χ1) is 14.5. The van der Waals surface area contributed by atoms with E-state index in [0.717, 1.165) is 24.1 Å². The molecule has 4 rings (SSSR count). The van der Waals surface area contributed by atoms with E-state index >= 15 is 0 Å². The first-order valence-electron chi connectivity index (χ1n) is 10.3. The molecule has 2 atom stereocenters. The van der Waals surface area contributed by atoms with Crippen molar-refractivity contribution >= 4 is 17.7 Å². The van der Waals surface area contributed by atoms with Crippen LogP contribution in [0.4, 0.5) is 4.39 Å². The highest BCUT2D eigenvalue weighted by Gasteiger charge is 2.29. The van der Waals surface area contributed by atoms with Gasteiger partial charge in [-0.15, -0.1) is 10.2 Å². The number of carbonyl (C=O) groups is 1. The summed E-state index contributed by atoms with van der Waals surface area (Å²) in [5.74, 6) is 0.778. The van der Waals surface area contributed by atoms with Crippen LogP contribution in [0.1, 0.15) is 33.1 Å². The minimum Gasteiger partial charge on any atom is -0.337 e. The Morgan fingerprint density at radius 2 is 1.70 bits per heavy atom. The number of nitrogens with zero attached hydrogens (tertiary/aromatic N) is 4. The Kier molecular flexibility index (Phi) is 6.18. The van der Waals surface area contributed by atoms with Crippen molar-refractivity contribution in [2.75, 3.05) is 5.75 Å². The van der Waals surface area contributed by atoms with Crippen LogP contribution in [0.25, 0.3) is 17.1 Å². The Morgan fingerprint density at radius 1 is 1.03 bits per heavy atom. The van der Waals surface area contributed by atoms with E-state index in [2.05, 4.69) is 24.0 Å². The first-order valence-corrected chi connectivity index (χ1v) is 11.2. The maximum atomic E-state index is 13.5. The normalized spacial score (nSPS) is 19.1. The molecule has 0 radical (unpaired) electrons. The zero-order valence-corrected chi connectivity index (χ0v) is 18.0. The van der Waals surface area contributed by atoms with Crippen molar-refractivity contribution in [3.63, 3.8) is 0 Å². The molecule has 1 aliphatic rings. The van der Waals surface area contributed by atoms with Crippen molar-refractivity contribution in [3.8, 4) is 17.1 Å². The largest absolute Gasteiger partial charge is 0.337 e.